The van der Waals surface area contributed by atoms with Crippen LogP contribution in [0.1, 0.15) is 25.0 Å². The first-order valence-corrected chi connectivity index (χ1v) is 10.9. The topological polar surface area (TPSA) is 43.7 Å². The van der Waals surface area contributed by atoms with Gasteiger partial charge in [-0.15, -0.1) is 0 Å². The van der Waals surface area contributed by atoms with Crippen molar-refractivity contribution >= 4 is 28.4 Å². The molecule has 1 aliphatic heterocycles. The largest absolute Gasteiger partial charge is 0.475 e. The molecule has 3 aromatic carbocycles. The number of hydrogen-bond acceptors (Lipinski definition) is 4. The molecular weight excluding hydrogens is 420 g/mol. The van der Waals surface area contributed by atoms with E-state index in [1.165, 1.54) is 0 Å². The summed E-state index contributed by atoms with van der Waals surface area (Å²) in [6.07, 6.45) is 1.87. The molecule has 5 rings (SSSR count). The van der Waals surface area contributed by atoms with Gasteiger partial charge in [0.2, 0.25) is 5.90 Å². The van der Waals surface area contributed by atoms with Crippen LogP contribution in [-0.2, 0) is 4.74 Å². The van der Waals surface area contributed by atoms with E-state index in [0.29, 0.717) is 17.5 Å². The highest BCUT2D eigenvalue weighted by Crippen LogP contribution is 2.36. The lowest BCUT2D eigenvalue weighted by molar-refractivity contribution is 0.279. The highest BCUT2D eigenvalue weighted by molar-refractivity contribution is 6.35. The Kier molecular flexibility index (Phi) is 5.10. The van der Waals surface area contributed by atoms with E-state index >= 15 is 0 Å². The van der Waals surface area contributed by atoms with Crippen LogP contribution >= 0.6 is 11.6 Å². The van der Waals surface area contributed by atoms with Crippen molar-refractivity contribution in [1.29, 1.82) is 0 Å². The van der Waals surface area contributed by atoms with Gasteiger partial charge in [0.1, 0.15) is 18.1 Å². The lowest BCUT2D eigenvalue weighted by atomic mass is 9.97. The van der Waals surface area contributed by atoms with Gasteiger partial charge in [0.25, 0.3) is 0 Å². The number of hydrogen-bond donors (Lipinski definition) is 0. The van der Waals surface area contributed by atoms with Gasteiger partial charge in [0, 0.05) is 17.1 Å². The number of aliphatic imine (C=N–C) groups is 1. The van der Waals surface area contributed by atoms with Gasteiger partial charge >= 0.3 is 0 Å². The summed E-state index contributed by atoms with van der Waals surface area (Å²) in [5.41, 5.74) is 4.75. The minimum absolute atomic E-state index is 0.200. The van der Waals surface area contributed by atoms with Crippen LogP contribution in [0.25, 0.3) is 22.0 Å². The van der Waals surface area contributed by atoms with Gasteiger partial charge in [0.15, 0.2) is 0 Å². The quantitative estimate of drug-likeness (QED) is 0.335. The van der Waals surface area contributed by atoms with E-state index in [9.17, 15) is 0 Å². The molecule has 0 aliphatic carbocycles. The highest BCUT2D eigenvalue weighted by Gasteiger charge is 2.27. The van der Waals surface area contributed by atoms with Gasteiger partial charge in [0.05, 0.1) is 16.1 Å². The molecule has 0 amide bonds. The molecule has 2 heterocycles. The lowest BCUT2D eigenvalue weighted by Crippen LogP contribution is -2.17. The first-order chi connectivity index (χ1) is 15.4. The Morgan fingerprint density at radius 3 is 2.34 bits per heavy atom. The highest BCUT2D eigenvalue weighted by atomic mass is 35.5. The van der Waals surface area contributed by atoms with Gasteiger partial charge in [-0.3, -0.25) is 4.98 Å². The average molecular weight is 443 g/mol. The van der Waals surface area contributed by atoms with Crippen LogP contribution in [-0.4, -0.2) is 23.0 Å². The molecule has 0 fully saturated rings. The molecule has 0 radical (unpaired) electrons. The molecule has 160 valence electrons. The van der Waals surface area contributed by atoms with Crippen molar-refractivity contribution in [1.82, 2.24) is 4.98 Å². The van der Waals surface area contributed by atoms with Crippen LogP contribution in [0.4, 0.5) is 0 Å². The van der Waals surface area contributed by atoms with Crippen LogP contribution in [0.3, 0.4) is 0 Å². The van der Waals surface area contributed by atoms with Crippen molar-refractivity contribution in [2.24, 2.45) is 4.99 Å². The van der Waals surface area contributed by atoms with Crippen molar-refractivity contribution < 1.29 is 9.47 Å². The normalized spacial score (nSPS) is 14.8. The zero-order valence-electron chi connectivity index (χ0n) is 18.2. The molecule has 0 unspecified atom stereocenters. The molecule has 5 heteroatoms. The van der Waals surface area contributed by atoms with Crippen LogP contribution in [0.15, 0.2) is 77.9 Å². The SMILES string of the molecule is Cc1cnc2c(Cl)cccc2c1-c1cccc(Oc2cccc(C3=NC(C)(C)CO3)c2)c1. The second-order valence-electron chi connectivity index (χ2n) is 8.63. The van der Waals surface area contributed by atoms with E-state index in [-0.39, 0.29) is 5.54 Å². The number of benzene rings is 3. The van der Waals surface area contributed by atoms with Crippen molar-refractivity contribution in [3.8, 4) is 22.6 Å². The Morgan fingerprint density at radius 1 is 0.938 bits per heavy atom. The lowest BCUT2D eigenvalue weighted by Gasteiger charge is -2.13. The third kappa shape index (κ3) is 3.94. The Morgan fingerprint density at radius 2 is 1.62 bits per heavy atom. The van der Waals surface area contributed by atoms with E-state index in [4.69, 9.17) is 21.1 Å². The van der Waals surface area contributed by atoms with Gasteiger partial charge in [-0.25, -0.2) is 4.99 Å². The Bertz CT molecular complexity index is 1360. The van der Waals surface area contributed by atoms with Crippen molar-refractivity contribution in [2.75, 3.05) is 6.61 Å². The van der Waals surface area contributed by atoms with Crippen molar-refractivity contribution in [2.45, 2.75) is 26.3 Å². The van der Waals surface area contributed by atoms with Crippen molar-refractivity contribution in [3.63, 3.8) is 0 Å². The molecule has 32 heavy (non-hydrogen) atoms. The number of pyridine rings is 1. The second-order valence-corrected chi connectivity index (χ2v) is 9.04. The summed E-state index contributed by atoms with van der Waals surface area (Å²) in [5, 5.41) is 1.67. The van der Waals surface area contributed by atoms with E-state index in [0.717, 1.165) is 44.7 Å². The number of rotatable bonds is 4. The number of halogens is 1. The third-order valence-electron chi connectivity index (χ3n) is 5.44. The summed E-state index contributed by atoms with van der Waals surface area (Å²) in [6.45, 7) is 6.76. The monoisotopic (exact) mass is 442 g/mol. The zero-order chi connectivity index (χ0) is 22.3. The molecule has 4 nitrogen and oxygen atoms in total. The molecule has 0 atom stereocenters. The first kappa shape index (κ1) is 20.5. The Balaban J connectivity index is 1.49. The maximum atomic E-state index is 6.39. The first-order valence-electron chi connectivity index (χ1n) is 10.5. The summed E-state index contributed by atoms with van der Waals surface area (Å²) in [7, 11) is 0. The minimum Gasteiger partial charge on any atom is -0.475 e. The number of aromatic nitrogens is 1. The summed E-state index contributed by atoms with van der Waals surface area (Å²) in [5.74, 6) is 2.14. The smallest absolute Gasteiger partial charge is 0.216 e. The standard InChI is InChI=1S/C27H23ClN2O2/c1-17-15-29-25-22(11-6-12-23(25)28)24(17)18-7-4-9-20(13-18)32-21-10-5-8-19(14-21)26-30-27(2,3)16-31-26/h4-15H,16H2,1-3H3. The molecule has 1 aliphatic rings. The molecule has 0 saturated carbocycles. The van der Waals surface area contributed by atoms with E-state index in [1.807, 2.05) is 60.8 Å². The average Bonchev–Trinajstić information content (AvgIpc) is 3.14. The van der Waals surface area contributed by atoms with E-state index < -0.39 is 0 Å². The minimum atomic E-state index is -0.200. The zero-order valence-corrected chi connectivity index (χ0v) is 19.0. The molecule has 0 N–H and O–H groups in total. The predicted molar refractivity (Wildman–Crippen MR) is 130 cm³/mol. The summed E-state index contributed by atoms with van der Waals surface area (Å²) >= 11 is 6.39. The maximum absolute atomic E-state index is 6.39. The summed E-state index contributed by atoms with van der Waals surface area (Å²) in [4.78, 5) is 9.19. The molecule has 0 spiro atoms. The number of fused-ring (bicyclic) bond motifs is 1. The summed E-state index contributed by atoms with van der Waals surface area (Å²) in [6, 6.07) is 21.8. The number of para-hydroxylation sites is 1. The van der Waals surface area contributed by atoms with Crippen molar-refractivity contribution in [3.05, 3.63) is 89.1 Å². The molecule has 1 aromatic heterocycles. The fourth-order valence-corrected chi connectivity index (χ4v) is 4.17. The van der Waals surface area contributed by atoms with Crippen LogP contribution in [0.5, 0.6) is 11.5 Å². The fourth-order valence-electron chi connectivity index (χ4n) is 3.95. The maximum Gasteiger partial charge on any atom is 0.216 e. The number of nitrogens with zero attached hydrogens (tertiary/aromatic N) is 2. The van der Waals surface area contributed by atoms with E-state index in [2.05, 4.69) is 42.9 Å². The molecular formula is C27H23ClN2O2. The summed E-state index contributed by atoms with van der Waals surface area (Å²) < 4.78 is 12.0. The molecule has 4 aromatic rings. The van der Waals surface area contributed by atoms with Crippen LogP contribution < -0.4 is 4.74 Å². The Labute approximate surface area is 192 Å². The van der Waals surface area contributed by atoms with Gasteiger partial charge in [-0.1, -0.05) is 41.9 Å². The predicted octanol–water partition coefficient (Wildman–Crippen LogP) is 7.21. The van der Waals surface area contributed by atoms with Gasteiger partial charge < -0.3 is 9.47 Å². The van der Waals surface area contributed by atoms with Crippen LogP contribution in [0, 0.1) is 6.92 Å². The second kappa shape index (κ2) is 7.95. The Hall–Kier alpha value is -3.37. The van der Waals surface area contributed by atoms with Crippen LogP contribution in [0.2, 0.25) is 5.02 Å². The number of aryl methyl sites for hydroxylation is 1. The fraction of sp³-hybridized carbons (Fsp3) is 0.185. The molecule has 0 saturated heterocycles. The molecule has 0 bridgehead atoms. The third-order valence-corrected chi connectivity index (χ3v) is 5.75. The van der Waals surface area contributed by atoms with E-state index in [1.54, 1.807) is 0 Å². The van der Waals surface area contributed by atoms with Gasteiger partial charge in [-0.05, 0) is 73.9 Å². The number of ether oxygens (including phenoxy) is 2. The van der Waals surface area contributed by atoms with Gasteiger partial charge in [-0.2, -0.15) is 0 Å².